The monoisotopic (exact) mass is 365 g/mol. The lowest BCUT2D eigenvalue weighted by Crippen LogP contribution is -2.40. The van der Waals surface area contributed by atoms with Gasteiger partial charge in [0, 0.05) is 11.7 Å². The molecule has 0 saturated carbocycles. The van der Waals surface area contributed by atoms with Crippen LogP contribution in [0.15, 0.2) is 32.9 Å². The van der Waals surface area contributed by atoms with E-state index in [1.165, 1.54) is 17.3 Å². The summed E-state index contributed by atoms with van der Waals surface area (Å²) in [6.45, 7) is 6.15. The molecule has 1 aliphatic rings. The van der Waals surface area contributed by atoms with Crippen LogP contribution in [0.25, 0.3) is 0 Å². The number of hydrogen-bond donors (Lipinski definition) is 0. The second-order valence-electron chi connectivity index (χ2n) is 5.42. The Morgan fingerprint density at radius 2 is 2.13 bits per heavy atom. The molecule has 1 amide bonds. The van der Waals surface area contributed by atoms with Gasteiger partial charge < -0.3 is 4.90 Å². The number of hydrogen-bond acceptors (Lipinski definition) is 6. The second kappa shape index (κ2) is 7.23. The number of benzene rings is 1. The summed E-state index contributed by atoms with van der Waals surface area (Å²) < 4.78 is 1.83. The number of carbonyl (C=O) groups excluding carboxylic acids is 1. The minimum Gasteiger partial charge on any atom is -0.308 e. The van der Waals surface area contributed by atoms with Crippen LogP contribution in [0.1, 0.15) is 26.3 Å². The van der Waals surface area contributed by atoms with E-state index in [0.29, 0.717) is 0 Å². The number of nitrogens with zero attached hydrogens (tertiary/aromatic N) is 3. The molecule has 0 aliphatic carbocycles. The van der Waals surface area contributed by atoms with Crippen molar-refractivity contribution in [1.82, 2.24) is 10.2 Å². The molecule has 4 nitrogen and oxygen atoms in total. The first-order valence-corrected chi connectivity index (χ1v) is 10.3. The number of carbonyl (C=O) groups is 1. The third-order valence-corrected chi connectivity index (χ3v) is 6.84. The van der Waals surface area contributed by atoms with Crippen LogP contribution in [0, 0.1) is 0 Å². The van der Waals surface area contributed by atoms with Gasteiger partial charge in [-0.3, -0.25) is 4.79 Å². The number of thioether (sulfide) groups is 2. The molecular formula is C16H19N3OS3. The third-order valence-electron chi connectivity index (χ3n) is 3.73. The molecule has 2 heterocycles. The molecule has 1 aliphatic heterocycles. The molecule has 0 N–H and O–H groups in total. The van der Waals surface area contributed by atoms with Gasteiger partial charge in [0.05, 0.1) is 5.25 Å². The summed E-state index contributed by atoms with van der Waals surface area (Å²) >= 11 is 4.75. The van der Waals surface area contributed by atoms with Crippen molar-refractivity contribution >= 4 is 46.5 Å². The van der Waals surface area contributed by atoms with Gasteiger partial charge in [0.1, 0.15) is 0 Å². The van der Waals surface area contributed by atoms with Crippen LogP contribution < -0.4 is 4.90 Å². The maximum absolute atomic E-state index is 12.9. The summed E-state index contributed by atoms with van der Waals surface area (Å²) in [5, 5.41) is 8.17. The Hall–Kier alpha value is -1.05. The molecule has 0 fully saturated rings. The van der Waals surface area contributed by atoms with Gasteiger partial charge in [-0.2, -0.15) is 0 Å². The number of aromatic nitrogens is 2. The molecule has 0 spiro atoms. The van der Waals surface area contributed by atoms with E-state index >= 15 is 0 Å². The van der Waals surface area contributed by atoms with Crippen molar-refractivity contribution in [3.8, 4) is 0 Å². The van der Waals surface area contributed by atoms with E-state index in [1.807, 2.05) is 30.0 Å². The fraction of sp³-hybridized carbons (Fsp3) is 0.438. The highest BCUT2D eigenvalue weighted by Gasteiger charge is 2.33. The molecule has 0 radical (unpaired) electrons. The fourth-order valence-electron chi connectivity index (χ4n) is 2.73. The van der Waals surface area contributed by atoms with Crippen molar-refractivity contribution in [2.75, 3.05) is 10.7 Å². The smallest absolute Gasteiger partial charge is 0.240 e. The summed E-state index contributed by atoms with van der Waals surface area (Å²) in [6, 6.07) is 8.38. The van der Waals surface area contributed by atoms with E-state index in [-0.39, 0.29) is 17.2 Å². The molecule has 122 valence electrons. The largest absolute Gasteiger partial charge is 0.308 e. The molecule has 1 aromatic carbocycles. The third kappa shape index (κ3) is 3.56. The second-order valence-corrected chi connectivity index (χ2v) is 9.49. The van der Waals surface area contributed by atoms with Gasteiger partial charge in [0.25, 0.3) is 0 Å². The van der Waals surface area contributed by atoms with Gasteiger partial charge in [-0.05, 0) is 37.7 Å². The first-order chi connectivity index (χ1) is 11.1. The molecule has 2 atom stereocenters. The van der Waals surface area contributed by atoms with Gasteiger partial charge in [-0.15, -0.1) is 10.2 Å². The predicted octanol–water partition coefficient (Wildman–Crippen LogP) is 4.11. The van der Waals surface area contributed by atoms with Gasteiger partial charge in [0.15, 0.2) is 8.68 Å². The van der Waals surface area contributed by atoms with Crippen LogP contribution in [-0.4, -0.2) is 33.1 Å². The van der Waals surface area contributed by atoms with Crippen molar-refractivity contribution in [2.24, 2.45) is 0 Å². The van der Waals surface area contributed by atoms with Crippen LogP contribution >= 0.6 is 34.9 Å². The van der Waals surface area contributed by atoms with E-state index < -0.39 is 0 Å². The summed E-state index contributed by atoms with van der Waals surface area (Å²) in [6.07, 6.45) is 0.926. The van der Waals surface area contributed by atoms with Crippen molar-refractivity contribution < 1.29 is 4.79 Å². The number of fused-ring (bicyclic) bond motifs is 1. The maximum Gasteiger partial charge on any atom is 0.240 e. The molecule has 0 unspecified atom stereocenters. The summed E-state index contributed by atoms with van der Waals surface area (Å²) in [5.74, 6) is 1.13. The fourth-order valence-corrected chi connectivity index (χ4v) is 5.84. The molecule has 1 aromatic heterocycles. The first-order valence-electron chi connectivity index (χ1n) is 7.64. The first kappa shape index (κ1) is 16.8. The lowest BCUT2D eigenvalue weighted by atomic mass is 10.1. The van der Waals surface area contributed by atoms with E-state index in [2.05, 4.69) is 30.1 Å². The zero-order valence-electron chi connectivity index (χ0n) is 13.4. The molecule has 2 aromatic rings. The number of anilines is 1. The number of amides is 1. The molecule has 0 saturated heterocycles. The topological polar surface area (TPSA) is 46.1 Å². The highest BCUT2D eigenvalue weighted by molar-refractivity contribution is 8.03. The lowest BCUT2D eigenvalue weighted by Gasteiger charge is -2.25. The number of para-hydroxylation sites is 1. The number of rotatable bonds is 5. The van der Waals surface area contributed by atoms with Crippen LogP contribution in [0.5, 0.6) is 0 Å². The van der Waals surface area contributed by atoms with E-state index in [4.69, 9.17) is 0 Å². The minimum atomic E-state index is -0.170. The normalized spacial score (nSPS) is 18.0. The standard InChI is InChI=1S/C16H19N3OS3/c1-4-21-15-17-18-16(23-15)22-11(3)14(20)19-10(2)9-12-7-5-6-8-13(12)19/h5-8,10-11H,4,9H2,1-3H3/t10-,11-/m0/s1. The van der Waals surface area contributed by atoms with Crippen LogP contribution in [0.2, 0.25) is 0 Å². The summed E-state index contributed by atoms with van der Waals surface area (Å²) in [7, 11) is 0. The molecular weight excluding hydrogens is 346 g/mol. The van der Waals surface area contributed by atoms with Gasteiger partial charge in [0.2, 0.25) is 5.91 Å². The molecule has 23 heavy (non-hydrogen) atoms. The Kier molecular flexibility index (Phi) is 5.28. The highest BCUT2D eigenvalue weighted by atomic mass is 32.2. The van der Waals surface area contributed by atoms with E-state index in [9.17, 15) is 4.79 Å². The molecule has 0 bridgehead atoms. The summed E-state index contributed by atoms with van der Waals surface area (Å²) in [5.41, 5.74) is 2.31. The van der Waals surface area contributed by atoms with Crippen LogP contribution in [0.3, 0.4) is 0 Å². The van der Waals surface area contributed by atoms with Gasteiger partial charge in [-0.1, -0.05) is 60.0 Å². The van der Waals surface area contributed by atoms with Crippen molar-refractivity contribution in [3.63, 3.8) is 0 Å². The Balaban J connectivity index is 1.72. The zero-order chi connectivity index (χ0) is 16.4. The Morgan fingerprint density at radius 1 is 1.39 bits per heavy atom. The minimum absolute atomic E-state index is 0.146. The average Bonchev–Trinajstić information content (AvgIpc) is 3.10. The molecule has 7 heteroatoms. The van der Waals surface area contributed by atoms with Crippen molar-refractivity contribution in [2.45, 2.75) is 47.2 Å². The van der Waals surface area contributed by atoms with Crippen LogP contribution in [0.4, 0.5) is 5.69 Å². The van der Waals surface area contributed by atoms with Crippen molar-refractivity contribution in [3.05, 3.63) is 29.8 Å². The predicted molar refractivity (Wildman–Crippen MR) is 98.7 cm³/mol. The Morgan fingerprint density at radius 3 is 2.91 bits per heavy atom. The summed E-state index contributed by atoms with van der Waals surface area (Å²) in [4.78, 5) is 14.9. The zero-order valence-corrected chi connectivity index (χ0v) is 15.8. The van der Waals surface area contributed by atoms with Crippen LogP contribution in [-0.2, 0) is 11.2 Å². The quantitative estimate of drug-likeness (QED) is 0.746. The Labute approximate surface area is 149 Å². The molecule has 3 rings (SSSR count). The van der Waals surface area contributed by atoms with E-state index in [1.54, 1.807) is 23.1 Å². The Bertz CT molecular complexity index is 703. The van der Waals surface area contributed by atoms with Gasteiger partial charge >= 0.3 is 0 Å². The lowest BCUT2D eigenvalue weighted by molar-refractivity contribution is -0.118. The van der Waals surface area contributed by atoms with Crippen molar-refractivity contribution in [1.29, 1.82) is 0 Å². The van der Waals surface area contributed by atoms with E-state index in [0.717, 1.165) is 26.5 Å². The highest BCUT2D eigenvalue weighted by Crippen LogP contribution is 2.36. The van der Waals surface area contributed by atoms with Gasteiger partial charge in [-0.25, -0.2) is 0 Å². The SMILES string of the molecule is CCSc1nnc(S[C@@H](C)C(=O)N2c3ccccc3C[C@@H]2C)s1. The maximum atomic E-state index is 12.9. The average molecular weight is 366 g/mol.